The monoisotopic (exact) mass is 189 g/mol. The number of rotatable bonds is 3. The third-order valence-corrected chi connectivity index (χ3v) is 1.77. The largest absolute Gasteiger partial charge is 0.478 e. The lowest BCUT2D eigenvalue weighted by Crippen LogP contribution is -2.02. The van der Waals surface area contributed by atoms with Crippen LogP contribution in [0, 0.1) is 11.3 Å². The van der Waals surface area contributed by atoms with E-state index in [2.05, 4.69) is 0 Å². The van der Waals surface area contributed by atoms with E-state index in [-0.39, 0.29) is 12.0 Å². The summed E-state index contributed by atoms with van der Waals surface area (Å²) in [6, 6.07) is 6.01. The Hall–Kier alpha value is -2.15. The second kappa shape index (κ2) is 4.19. The second-order valence-electron chi connectivity index (χ2n) is 2.67. The van der Waals surface area contributed by atoms with Crippen molar-refractivity contribution in [3.8, 4) is 6.07 Å². The second-order valence-corrected chi connectivity index (χ2v) is 2.67. The smallest absolute Gasteiger partial charge is 0.335 e. The fraction of sp³-hybridized carbons (Fsp3) is 0.100. The van der Waals surface area contributed by atoms with Crippen LogP contribution in [0.15, 0.2) is 18.2 Å². The molecular weight excluding hydrogens is 182 g/mol. The molecule has 4 heteroatoms. The number of carbonyl (C=O) groups is 2. The highest BCUT2D eigenvalue weighted by Gasteiger charge is 2.09. The number of carboxylic acids is 1. The van der Waals surface area contributed by atoms with Gasteiger partial charge in [-0.3, -0.25) is 4.79 Å². The number of aromatic carboxylic acids is 1. The zero-order chi connectivity index (χ0) is 10.6. The van der Waals surface area contributed by atoms with Crippen LogP contribution >= 0.6 is 0 Å². The molecule has 0 aliphatic carbocycles. The molecule has 14 heavy (non-hydrogen) atoms. The molecule has 0 radical (unpaired) electrons. The summed E-state index contributed by atoms with van der Waals surface area (Å²) in [5.41, 5.74) is 0.807. The summed E-state index contributed by atoms with van der Waals surface area (Å²) in [5.74, 6) is -1.09. The predicted molar refractivity (Wildman–Crippen MR) is 48.1 cm³/mol. The zero-order valence-electron chi connectivity index (χ0n) is 7.23. The van der Waals surface area contributed by atoms with E-state index < -0.39 is 5.97 Å². The molecule has 1 aromatic rings. The maximum atomic E-state index is 10.7. The van der Waals surface area contributed by atoms with Crippen LogP contribution in [0.2, 0.25) is 0 Å². The minimum Gasteiger partial charge on any atom is -0.478 e. The molecule has 0 unspecified atom stereocenters. The van der Waals surface area contributed by atoms with Gasteiger partial charge in [0.05, 0.1) is 18.1 Å². The summed E-state index contributed by atoms with van der Waals surface area (Å²) in [7, 11) is 0. The zero-order valence-corrected chi connectivity index (χ0v) is 7.23. The lowest BCUT2D eigenvalue weighted by atomic mass is 10.0. The Balaban J connectivity index is 3.24. The van der Waals surface area contributed by atoms with Crippen LogP contribution < -0.4 is 0 Å². The molecule has 0 fully saturated rings. The highest BCUT2D eigenvalue weighted by Crippen LogP contribution is 2.11. The summed E-state index contributed by atoms with van der Waals surface area (Å²) in [6.07, 6.45) is 0.607. The highest BCUT2D eigenvalue weighted by atomic mass is 16.4. The molecule has 0 spiro atoms. The molecule has 1 N–H and O–H groups in total. The van der Waals surface area contributed by atoms with E-state index >= 15 is 0 Å². The average Bonchev–Trinajstić information content (AvgIpc) is 2.17. The number of hydrogen-bond acceptors (Lipinski definition) is 3. The molecule has 1 aromatic carbocycles. The summed E-state index contributed by atoms with van der Waals surface area (Å²) < 4.78 is 0. The van der Waals surface area contributed by atoms with Crippen LogP contribution in [-0.2, 0) is 6.42 Å². The van der Waals surface area contributed by atoms with Gasteiger partial charge < -0.3 is 5.11 Å². The molecule has 0 atom stereocenters. The molecule has 0 aliphatic rings. The molecule has 70 valence electrons. The molecule has 0 saturated carbocycles. The first-order chi connectivity index (χ1) is 6.69. The van der Waals surface area contributed by atoms with Crippen LogP contribution in [0.4, 0.5) is 0 Å². The van der Waals surface area contributed by atoms with Gasteiger partial charge in [-0.25, -0.2) is 4.79 Å². The van der Waals surface area contributed by atoms with E-state index in [0.717, 1.165) is 0 Å². The van der Waals surface area contributed by atoms with Gasteiger partial charge in [0, 0.05) is 5.56 Å². The number of benzene rings is 1. The van der Waals surface area contributed by atoms with Crippen molar-refractivity contribution in [1.82, 2.24) is 0 Å². The maximum absolute atomic E-state index is 10.7. The van der Waals surface area contributed by atoms with Gasteiger partial charge >= 0.3 is 5.97 Å². The molecule has 4 nitrogen and oxygen atoms in total. The Morgan fingerprint density at radius 1 is 1.57 bits per heavy atom. The van der Waals surface area contributed by atoms with Crippen molar-refractivity contribution < 1.29 is 14.7 Å². The first-order valence-corrected chi connectivity index (χ1v) is 3.87. The lowest BCUT2D eigenvalue weighted by Gasteiger charge is -2.01. The van der Waals surface area contributed by atoms with Gasteiger partial charge in [0.1, 0.15) is 6.29 Å². The molecule has 0 bridgehead atoms. The maximum Gasteiger partial charge on any atom is 0.335 e. The number of nitrogens with zero attached hydrogens (tertiary/aromatic N) is 1. The highest BCUT2D eigenvalue weighted by molar-refractivity contribution is 5.90. The van der Waals surface area contributed by atoms with E-state index in [0.29, 0.717) is 17.4 Å². The number of hydrogen-bond donors (Lipinski definition) is 1. The van der Waals surface area contributed by atoms with Crippen LogP contribution in [0.3, 0.4) is 0 Å². The molecule has 0 aromatic heterocycles. The van der Waals surface area contributed by atoms with E-state index in [1.807, 2.05) is 6.07 Å². The molecule has 0 saturated heterocycles. The van der Waals surface area contributed by atoms with Gasteiger partial charge in [0.2, 0.25) is 0 Å². The Kier molecular flexibility index (Phi) is 2.97. The Morgan fingerprint density at radius 2 is 2.29 bits per heavy atom. The molecule has 0 aliphatic heterocycles. The van der Waals surface area contributed by atoms with Crippen LogP contribution in [0.5, 0.6) is 0 Å². The Bertz CT molecular complexity index is 418. The van der Waals surface area contributed by atoms with Gasteiger partial charge in [-0.2, -0.15) is 5.26 Å². The number of aldehydes is 1. The summed E-state index contributed by atoms with van der Waals surface area (Å²) in [6.45, 7) is 0. The van der Waals surface area contributed by atoms with Crippen molar-refractivity contribution in [3.05, 3.63) is 34.9 Å². The minimum absolute atomic E-state index is 0.0106. The van der Waals surface area contributed by atoms with Crippen molar-refractivity contribution in [2.45, 2.75) is 6.42 Å². The molecule has 0 amide bonds. The normalized spacial score (nSPS) is 9.07. The van der Waals surface area contributed by atoms with E-state index in [1.165, 1.54) is 18.2 Å². The first kappa shape index (κ1) is 9.93. The van der Waals surface area contributed by atoms with Crippen LogP contribution in [0.1, 0.15) is 26.3 Å². The molecular formula is C10H7NO3. The average molecular weight is 189 g/mol. The lowest BCUT2D eigenvalue weighted by molar-refractivity contribution is 0.0695. The third kappa shape index (κ3) is 1.96. The number of carbonyl (C=O) groups excluding carboxylic acids is 1. The van der Waals surface area contributed by atoms with Crippen molar-refractivity contribution in [2.24, 2.45) is 0 Å². The van der Waals surface area contributed by atoms with Gasteiger partial charge in [-0.15, -0.1) is 0 Å². The summed E-state index contributed by atoms with van der Waals surface area (Å²) >= 11 is 0. The van der Waals surface area contributed by atoms with Crippen LogP contribution in [-0.4, -0.2) is 17.4 Å². The fourth-order valence-corrected chi connectivity index (χ4v) is 1.13. The van der Waals surface area contributed by atoms with E-state index in [4.69, 9.17) is 10.4 Å². The Morgan fingerprint density at radius 3 is 2.79 bits per heavy atom. The van der Waals surface area contributed by atoms with Crippen molar-refractivity contribution >= 4 is 12.3 Å². The fourth-order valence-electron chi connectivity index (χ4n) is 1.13. The minimum atomic E-state index is -1.09. The Labute approximate surface area is 80.4 Å². The SMILES string of the molecule is N#CCc1cc(C=O)ccc1C(=O)O. The quantitative estimate of drug-likeness (QED) is 0.726. The van der Waals surface area contributed by atoms with E-state index in [1.54, 1.807) is 0 Å². The van der Waals surface area contributed by atoms with Crippen LogP contribution in [0.25, 0.3) is 0 Å². The summed E-state index contributed by atoms with van der Waals surface area (Å²) in [4.78, 5) is 21.1. The van der Waals surface area contributed by atoms with Crippen molar-refractivity contribution in [2.75, 3.05) is 0 Å². The summed E-state index contributed by atoms with van der Waals surface area (Å²) in [5, 5.41) is 17.2. The van der Waals surface area contributed by atoms with Gasteiger partial charge in [0.15, 0.2) is 0 Å². The van der Waals surface area contributed by atoms with Crippen molar-refractivity contribution in [1.29, 1.82) is 5.26 Å². The van der Waals surface area contributed by atoms with E-state index in [9.17, 15) is 9.59 Å². The topological polar surface area (TPSA) is 78.2 Å². The van der Waals surface area contributed by atoms with Gasteiger partial charge in [-0.05, 0) is 17.7 Å². The van der Waals surface area contributed by atoms with Gasteiger partial charge in [-0.1, -0.05) is 6.07 Å². The standard InChI is InChI=1S/C10H7NO3/c11-4-3-8-5-7(6-12)1-2-9(8)10(13)14/h1-2,5-6H,3H2,(H,13,14). The number of nitriles is 1. The predicted octanol–water partition coefficient (Wildman–Crippen LogP) is 1.26. The first-order valence-electron chi connectivity index (χ1n) is 3.87. The van der Waals surface area contributed by atoms with Crippen molar-refractivity contribution in [3.63, 3.8) is 0 Å². The van der Waals surface area contributed by atoms with Gasteiger partial charge in [0.25, 0.3) is 0 Å². The third-order valence-electron chi connectivity index (χ3n) is 1.77. The molecule has 0 heterocycles. The number of carboxylic acid groups (broad SMARTS) is 1. The molecule has 1 rings (SSSR count).